The summed E-state index contributed by atoms with van der Waals surface area (Å²) in [6.07, 6.45) is 0. The predicted octanol–water partition coefficient (Wildman–Crippen LogP) is 6.53. The van der Waals surface area contributed by atoms with E-state index >= 15 is 0 Å². The molecule has 0 heterocycles. The van der Waals surface area contributed by atoms with Crippen LogP contribution in [-0.4, -0.2) is 9.51 Å². The van der Waals surface area contributed by atoms with Gasteiger partial charge in [0.05, 0.1) is 0 Å². The molecule has 0 aliphatic carbocycles. The average molecular weight is 396 g/mol. The SMILES string of the molecule is Cc1ccc(SC(Sc2ccc(C)cc2)C(c2ccccc2)[N+](=O)[O-])cc1. The standard InChI is InChI=1S/C22H21NO2S2/c1-16-8-12-19(13-9-16)26-22(27-20-14-10-17(2)11-15-20)21(23(24)25)18-6-4-3-5-7-18/h3-15,21-22H,1-2H3. The Hall–Kier alpha value is -2.24. The zero-order valence-corrected chi connectivity index (χ0v) is 16.9. The van der Waals surface area contributed by atoms with Crippen molar-refractivity contribution in [2.24, 2.45) is 0 Å². The lowest BCUT2D eigenvalue weighted by Gasteiger charge is -2.21. The fourth-order valence-corrected chi connectivity index (χ4v) is 5.44. The molecule has 0 aliphatic heterocycles. The Morgan fingerprint density at radius 3 is 1.59 bits per heavy atom. The number of thioether (sulfide) groups is 2. The van der Waals surface area contributed by atoms with Crippen molar-refractivity contribution in [3.05, 3.63) is 106 Å². The molecule has 0 saturated carbocycles. The highest BCUT2D eigenvalue weighted by Gasteiger charge is 2.35. The van der Waals surface area contributed by atoms with Crippen LogP contribution in [0.1, 0.15) is 22.7 Å². The van der Waals surface area contributed by atoms with Gasteiger partial charge in [0.25, 0.3) is 6.04 Å². The Labute approximate surface area is 168 Å². The van der Waals surface area contributed by atoms with E-state index in [0.29, 0.717) is 0 Å². The van der Waals surface area contributed by atoms with Gasteiger partial charge in [-0.2, -0.15) is 0 Å². The van der Waals surface area contributed by atoms with E-state index in [9.17, 15) is 10.1 Å². The summed E-state index contributed by atoms with van der Waals surface area (Å²) in [5.74, 6) is 0. The number of nitrogens with zero attached hydrogens (tertiary/aromatic N) is 1. The molecule has 1 atom stereocenters. The van der Waals surface area contributed by atoms with E-state index in [2.05, 4.69) is 0 Å². The molecule has 0 radical (unpaired) electrons. The highest BCUT2D eigenvalue weighted by molar-refractivity contribution is 8.17. The first-order chi connectivity index (χ1) is 13.0. The number of rotatable bonds is 7. The van der Waals surface area contributed by atoms with Crippen LogP contribution in [0.25, 0.3) is 0 Å². The fourth-order valence-electron chi connectivity index (χ4n) is 2.68. The van der Waals surface area contributed by atoms with Gasteiger partial charge in [0.15, 0.2) is 0 Å². The Kier molecular flexibility index (Phi) is 6.58. The van der Waals surface area contributed by atoms with Gasteiger partial charge in [0.2, 0.25) is 0 Å². The third-order valence-electron chi connectivity index (χ3n) is 4.17. The lowest BCUT2D eigenvalue weighted by atomic mass is 10.1. The van der Waals surface area contributed by atoms with E-state index in [1.165, 1.54) is 11.1 Å². The van der Waals surface area contributed by atoms with Crippen molar-refractivity contribution in [1.82, 2.24) is 0 Å². The van der Waals surface area contributed by atoms with Gasteiger partial charge in [0.1, 0.15) is 4.58 Å². The van der Waals surface area contributed by atoms with Gasteiger partial charge in [-0.1, -0.05) is 65.7 Å². The highest BCUT2D eigenvalue weighted by Crippen LogP contribution is 2.44. The lowest BCUT2D eigenvalue weighted by molar-refractivity contribution is -0.524. The molecule has 0 N–H and O–H groups in total. The molecule has 3 aromatic rings. The van der Waals surface area contributed by atoms with Gasteiger partial charge < -0.3 is 0 Å². The van der Waals surface area contributed by atoms with Crippen molar-refractivity contribution in [3.63, 3.8) is 0 Å². The lowest BCUT2D eigenvalue weighted by Crippen LogP contribution is -2.20. The van der Waals surface area contributed by atoms with E-state index in [1.54, 1.807) is 23.5 Å². The van der Waals surface area contributed by atoms with Crippen LogP contribution in [0.5, 0.6) is 0 Å². The smallest absolute Gasteiger partial charge is 0.259 e. The number of hydrogen-bond acceptors (Lipinski definition) is 4. The van der Waals surface area contributed by atoms with Crippen LogP contribution in [0.2, 0.25) is 0 Å². The van der Waals surface area contributed by atoms with Crippen LogP contribution < -0.4 is 0 Å². The summed E-state index contributed by atoms with van der Waals surface area (Å²) in [4.78, 5) is 13.9. The van der Waals surface area contributed by atoms with Crippen molar-refractivity contribution in [2.75, 3.05) is 0 Å². The van der Waals surface area contributed by atoms with Crippen molar-refractivity contribution >= 4 is 23.5 Å². The minimum Gasteiger partial charge on any atom is -0.264 e. The van der Waals surface area contributed by atoms with E-state index in [1.807, 2.05) is 92.7 Å². The second-order valence-electron chi connectivity index (χ2n) is 6.37. The van der Waals surface area contributed by atoms with Gasteiger partial charge in [-0.05, 0) is 38.1 Å². The normalized spacial score (nSPS) is 12.1. The van der Waals surface area contributed by atoms with Crippen LogP contribution in [-0.2, 0) is 0 Å². The molecule has 0 amide bonds. The summed E-state index contributed by atoms with van der Waals surface area (Å²) in [6, 6.07) is 24.8. The molecule has 0 aliphatic rings. The van der Waals surface area contributed by atoms with E-state index in [-0.39, 0.29) is 9.51 Å². The van der Waals surface area contributed by atoms with Crippen LogP contribution in [0.15, 0.2) is 88.7 Å². The largest absolute Gasteiger partial charge is 0.264 e. The van der Waals surface area contributed by atoms with E-state index < -0.39 is 6.04 Å². The Bertz CT molecular complexity index is 833. The quantitative estimate of drug-likeness (QED) is 0.197. The number of hydrogen-bond donors (Lipinski definition) is 0. The third-order valence-corrected chi connectivity index (χ3v) is 6.82. The van der Waals surface area contributed by atoms with Gasteiger partial charge >= 0.3 is 0 Å². The maximum Gasteiger partial charge on any atom is 0.259 e. The van der Waals surface area contributed by atoms with Crippen LogP contribution in [0.3, 0.4) is 0 Å². The molecular weight excluding hydrogens is 374 g/mol. The second-order valence-corrected chi connectivity index (χ2v) is 9.10. The molecule has 138 valence electrons. The Morgan fingerprint density at radius 1 is 0.741 bits per heavy atom. The summed E-state index contributed by atoms with van der Waals surface area (Å²) in [5, 5.41) is 12.0. The average Bonchev–Trinajstić information content (AvgIpc) is 2.66. The number of benzene rings is 3. The first-order valence-electron chi connectivity index (χ1n) is 8.68. The summed E-state index contributed by atoms with van der Waals surface area (Å²) >= 11 is 3.10. The van der Waals surface area contributed by atoms with Crippen molar-refractivity contribution in [1.29, 1.82) is 0 Å². The third kappa shape index (κ3) is 5.37. The first kappa shape index (κ1) is 19.5. The Morgan fingerprint density at radius 2 is 1.19 bits per heavy atom. The summed E-state index contributed by atoms with van der Waals surface area (Å²) in [5.41, 5.74) is 3.08. The van der Waals surface area contributed by atoms with Crippen molar-refractivity contribution < 1.29 is 4.92 Å². The summed E-state index contributed by atoms with van der Waals surface area (Å²) in [7, 11) is 0. The Balaban J connectivity index is 1.94. The topological polar surface area (TPSA) is 43.1 Å². The highest BCUT2D eigenvalue weighted by atomic mass is 32.2. The van der Waals surface area contributed by atoms with E-state index in [4.69, 9.17) is 0 Å². The fraction of sp³-hybridized carbons (Fsp3) is 0.182. The molecule has 0 bridgehead atoms. The minimum absolute atomic E-state index is 0.164. The van der Waals surface area contributed by atoms with Crippen molar-refractivity contribution in [3.8, 4) is 0 Å². The molecule has 1 unspecified atom stereocenters. The van der Waals surface area contributed by atoms with Gasteiger partial charge in [0, 0.05) is 20.3 Å². The first-order valence-corrected chi connectivity index (χ1v) is 10.4. The molecule has 3 aromatic carbocycles. The summed E-state index contributed by atoms with van der Waals surface area (Å²) in [6.45, 7) is 4.08. The zero-order chi connectivity index (χ0) is 19.2. The molecule has 0 aromatic heterocycles. The molecule has 5 heteroatoms. The monoisotopic (exact) mass is 395 g/mol. The minimum atomic E-state index is -0.802. The second kappa shape index (κ2) is 9.11. The molecule has 3 nitrogen and oxygen atoms in total. The van der Waals surface area contributed by atoms with Crippen molar-refractivity contribution in [2.45, 2.75) is 34.3 Å². The number of nitro groups is 1. The maximum atomic E-state index is 12.0. The molecule has 27 heavy (non-hydrogen) atoms. The van der Waals surface area contributed by atoms with Crippen LogP contribution in [0, 0.1) is 24.0 Å². The maximum absolute atomic E-state index is 12.0. The van der Waals surface area contributed by atoms with Gasteiger partial charge in [-0.15, -0.1) is 23.5 Å². The van der Waals surface area contributed by atoms with E-state index in [0.717, 1.165) is 15.4 Å². The zero-order valence-electron chi connectivity index (χ0n) is 15.2. The van der Waals surface area contributed by atoms with Gasteiger partial charge in [-0.25, -0.2) is 0 Å². The molecule has 0 spiro atoms. The van der Waals surface area contributed by atoms with Crippen LogP contribution in [0.4, 0.5) is 0 Å². The van der Waals surface area contributed by atoms with Gasteiger partial charge in [-0.3, -0.25) is 10.1 Å². The molecular formula is C22H21NO2S2. The summed E-state index contributed by atoms with van der Waals surface area (Å²) < 4.78 is -0.284. The predicted molar refractivity (Wildman–Crippen MR) is 114 cm³/mol. The molecule has 3 rings (SSSR count). The molecule has 0 fully saturated rings. The number of aryl methyl sites for hydroxylation is 2. The molecule has 0 saturated heterocycles. The van der Waals surface area contributed by atoms with Crippen LogP contribution >= 0.6 is 23.5 Å².